The van der Waals surface area contributed by atoms with Gasteiger partial charge in [0.25, 0.3) is 5.91 Å². The summed E-state index contributed by atoms with van der Waals surface area (Å²) in [7, 11) is 0. The molecule has 0 atom stereocenters. The summed E-state index contributed by atoms with van der Waals surface area (Å²) >= 11 is 0. The lowest BCUT2D eigenvalue weighted by Crippen LogP contribution is -2.39. The molecule has 1 aliphatic rings. The molecule has 2 aromatic rings. The van der Waals surface area contributed by atoms with Crippen molar-refractivity contribution in [3.8, 4) is 0 Å². The first kappa shape index (κ1) is 9.46. The Labute approximate surface area is 93.9 Å². The monoisotopic (exact) mass is 214 g/mol. The first-order chi connectivity index (χ1) is 7.83. The molecule has 3 heteroatoms. The molecule has 2 N–H and O–H groups in total. The van der Waals surface area contributed by atoms with E-state index in [1.165, 1.54) is 6.42 Å². The molecular weight excluding hydrogens is 200 g/mol. The average molecular weight is 214 g/mol. The van der Waals surface area contributed by atoms with Crippen molar-refractivity contribution in [3.05, 3.63) is 36.0 Å². The fraction of sp³-hybridized carbons (Fsp3) is 0.308. The molecule has 1 heterocycles. The van der Waals surface area contributed by atoms with Crippen LogP contribution in [0.1, 0.15) is 29.6 Å². The minimum atomic E-state index is 0.0428. The molecule has 16 heavy (non-hydrogen) atoms. The van der Waals surface area contributed by atoms with E-state index < -0.39 is 0 Å². The van der Waals surface area contributed by atoms with E-state index in [4.69, 9.17) is 0 Å². The third-order valence-corrected chi connectivity index (χ3v) is 3.26. The van der Waals surface area contributed by atoms with E-state index in [2.05, 4.69) is 10.3 Å². The lowest BCUT2D eigenvalue weighted by molar-refractivity contribution is 0.0917. The van der Waals surface area contributed by atoms with Crippen LogP contribution in [0.5, 0.6) is 0 Å². The number of nitrogens with one attached hydrogen (secondary N) is 2. The number of hydrogen-bond donors (Lipinski definition) is 2. The maximum atomic E-state index is 11.9. The minimum absolute atomic E-state index is 0.0428. The van der Waals surface area contributed by atoms with E-state index in [9.17, 15) is 4.79 Å². The zero-order valence-electron chi connectivity index (χ0n) is 8.99. The molecule has 0 spiro atoms. The van der Waals surface area contributed by atoms with E-state index >= 15 is 0 Å². The van der Waals surface area contributed by atoms with Gasteiger partial charge in [0.15, 0.2) is 0 Å². The van der Waals surface area contributed by atoms with Gasteiger partial charge in [0.05, 0.1) is 0 Å². The predicted molar refractivity (Wildman–Crippen MR) is 63.4 cm³/mol. The summed E-state index contributed by atoms with van der Waals surface area (Å²) < 4.78 is 0. The van der Waals surface area contributed by atoms with Crippen molar-refractivity contribution in [1.82, 2.24) is 10.3 Å². The van der Waals surface area contributed by atoms with Crippen LogP contribution in [-0.2, 0) is 0 Å². The van der Waals surface area contributed by atoms with Gasteiger partial charge in [0.2, 0.25) is 0 Å². The van der Waals surface area contributed by atoms with Gasteiger partial charge in [0.1, 0.15) is 0 Å². The van der Waals surface area contributed by atoms with Crippen LogP contribution in [0.3, 0.4) is 0 Å². The van der Waals surface area contributed by atoms with Gasteiger partial charge in [-0.25, -0.2) is 0 Å². The van der Waals surface area contributed by atoms with Gasteiger partial charge in [0, 0.05) is 23.3 Å². The second-order valence-electron chi connectivity index (χ2n) is 4.38. The van der Waals surface area contributed by atoms with Crippen LogP contribution in [-0.4, -0.2) is 16.9 Å². The van der Waals surface area contributed by atoms with Crippen LogP contribution in [0.4, 0.5) is 0 Å². The Morgan fingerprint density at radius 1 is 1.31 bits per heavy atom. The highest BCUT2D eigenvalue weighted by molar-refractivity contribution is 5.98. The van der Waals surface area contributed by atoms with Crippen LogP contribution in [0.25, 0.3) is 10.9 Å². The SMILES string of the molecule is O=C(NC1CCC1)c1ccc2cc[nH]c2c1. The topological polar surface area (TPSA) is 44.9 Å². The summed E-state index contributed by atoms with van der Waals surface area (Å²) in [5, 5.41) is 4.18. The molecular formula is C13H14N2O. The fourth-order valence-corrected chi connectivity index (χ4v) is 2.01. The Morgan fingerprint density at radius 2 is 2.19 bits per heavy atom. The first-order valence-electron chi connectivity index (χ1n) is 5.71. The summed E-state index contributed by atoms with van der Waals surface area (Å²) in [6, 6.07) is 8.16. The smallest absolute Gasteiger partial charge is 0.251 e. The van der Waals surface area contributed by atoms with Gasteiger partial charge >= 0.3 is 0 Å². The molecule has 0 radical (unpaired) electrons. The summed E-state index contributed by atoms with van der Waals surface area (Å²) in [5.41, 5.74) is 1.75. The van der Waals surface area contributed by atoms with Gasteiger partial charge in [-0.3, -0.25) is 4.79 Å². The lowest BCUT2D eigenvalue weighted by Gasteiger charge is -2.26. The van der Waals surface area contributed by atoms with E-state index in [0.717, 1.165) is 29.3 Å². The molecule has 0 saturated heterocycles. The molecule has 1 saturated carbocycles. The zero-order chi connectivity index (χ0) is 11.0. The highest BCUT2D eigenvalue weighted by Gasteiger charge is 2.20. The number of carbonyl (C=O) groups is 1. The number of hydrogen-bond acceptors (Lipinski definition) is 1. The Bertz CT molecular complexity index is 525. The Kier molecular flexibility index (Phi) is 2.17. The van der Waals surface area contributed by atoms with Gasteiger partial charge < -0.3 is 10.3 Å². The minimum Gasteiger partial charge on any atom is -0.361 e. The van der Waals surface area contributed by atoms with Crippen LogP contribution in [0.15, 0.2) is 30.5 Å². The molecule has 3 rings (SSSR count). The molecule has 0 aliphatic heterocycles. The second kappa shape index (κ2) is 3.67. The third kappa shape index (κ3) is 1.58. The quantitative estimate of drug-likeness (QED) is 0.792. The second-order valence-corrected chi connectivity index (χ2v) is 4.38. The summed E-state index contributed by atoms with van der Waals surface area (Å²) in [6.07, 6.45) is 5.37. The number of rotatable bonds is 2. The van der Waals surface area contributed by atoms with Gasteiger partial charge in [-0.15, -0.1) is 0 Å². The molecule has 0 bridgehead atoms. The van der Waals surface area contributed by atoms with E-state index in [1.54, 1.807) is 0 Å². The number of aromatic amines is 1. The normalized spacial score (nSPS) is 16.0. The van der Waals surface area contributed by atoms with Crippen molar-refractivity contribution in [1.29, 1.82) is 0 Å². The molecule has 1 amide bonds. The zero-order valence-corrected chi connectivity index (χ0v) is 8.99. The molecule has 82 valence electrons. The van der Waals surface area contributed by atoms with E-state index in [0.29, 0.717) is 6.04 Å². The van der Waals surface area contributed by atoms with Crippen molar-refractivity contribution in [2.75, 3.05) is 0 Å². The number of fused-ring (bicyclic) bond motifs is 1. The Balaban J connectivity index is 1.83. The Hall–Kier alpha value is -1.77. The third-order valence-electron chi connectivity index (χ3n) is 3.26. The average Bonchev–Trinajstić information content (AvgIpc) is 2.69. The largest absolute Gasteiger partial charge is 0.361 e. The maximum absolute atomic E-state index is 11.9. The summed E-state index contributed by atoms with van der Waals surface area (Å²) in [5.74, 6) is 0.0428. The summed E-state index contributed by atoms with van der Waals surface area (Å²) in [4.78, 5) is 15.0. The number of benzene rings is 1. The van der Waals surface area contributed by atoms with Gasteiger partial charge in [-0.2, -0.15) is 0 Å². The first-order valence-corrected chi connectivity index (χ1v) is 5.71. The van der Waals surface area contributed by atoms with Crippen molar-refractivity contribution in [3.63, 3.8) is 0 Å². The Morgan fingerprint density at radius 3 is 2.94 bits per heavy atom. The van der Waals surface area contributed by atoms with Crippen LogP contribution < -0.4 is 5.32 Å². The highest BCUT2D eigenvalue weighted by Crippen LogP contribution is 2.19. The maximum Gasteiger partial charge on any atom is 0.251 e. The molecule has 1 aromatic heterocycles. The van der Waals surface area contributed by atoms with Crippen molar-refractivity contribution in [2.45, 2.75) is 25.3 Å². The van der Waals surface area contributed by atoms with Crippen molar-refractivity contribution < 1.29 is 4.79 Å². The van der Waals surface area contributed by atoms with Crippen LogP contribution in [0, 0.1) is 0 Å². The summed E-state index contributed by atoms with van der Waals surface area (Å²) in [6.45, 7) is 0. The molecule has 1 aliphatic carbocycles. The molecule has 0 unspecified atom stereocenters. The van der Waals surface area contributed by atoms with Crippen LogP contribution >= 0.6 is 0 Å². The number of aromatic nitrogens is 1. The number of carbonyl (C=O) groups excluding carboxylic acids is 1. The molecule has 1 aromatic carbocycles. The standard InChI is InChI=1S/C13H14N2O/c16-13(15-11-2-1-3-11)10-5-4-9-6-7-14-12(9)8-10/h4-8,11,14H,1-3H2,(H,15,16). The number of amides is 1. The highest BCUT2D eigenvalue weighted by atomic mass is 16.1. The van der Waals surface area contributed by atoms with Crippen molar-refractivity contribution in [2.24, 2.45) is 0 Å². The van der Waals surface area contributed by atoms with Crippen molar-refractivity contribution >= 4 is 16.8 Å². The molecule has 1 fully saturated rings. The van der Waals surface area contributed by atoms with Crippen LogP contribution in [0.2, 0.25) is 0 Å². The van der Waals surface area contributed by atoms with Gasteiger partial charge in [-0.05, 0) is 42.8 Å². The van der Waals surface area contributed by atoms with E-state index in [-0.39, 0.29) is 5.91 Å². The fourth-order valence-electron chi connectivity index (χ4n) is 2.01. The van der Waals surface area contributed by atoms with E-state index in [1.807, 2.05) is 30.5 Å². The molecule has 3 nitrogen and oxygen atoms in total. The number of H-pyrrole nitrogens is 1. The lowest BCUT2D eigenvalue weighted by atomic mass is 9.93. The predicted octanol–water partition coefficient (Wildman–Crippen LogP) is 2.45. The van der Waals surface area contributed by atoms with Gasteiger partial charge in [-0.1, -0.05) is 6.07 Å².